The first-order chi connectivity index (χ1) is 13.5. The van der Waals surface area contributed by atoms with Crippen molar-refractivity contribution in [1.82, 2.24) is 4.90 Å². The standard InChI is InChI=1S/C10H12FNO2.C8H7FO3.C3H8.ClH/c1-12(2)10(14)5-7-3-4-8(13)6-9(7)11;9-7-4-6(10)2-1-5(7)3-8(11)12;1-3-2;/h3-4,6,13H,5H2,1-2H3;1-2,4,10H,3H2,(H,11,12);3H2,1-2H3;1H. The number of likely N-dealkylation sites (N-methyl/N-ethyl adjacent to an activating group) is 1. The molecule has 2 rings (SSSR count). The summed E-state index contributed by atoms with van der Waals surface area (Å²) in [5.41, 5.74) is 0.363. The van der Waals surface area contributed by atoms with Crippen LogP contribution in [0.15, 0.2) is 36.4 Å². The molecule has 0 aliphatic heterocycles. The van der Waals surface area contributed by atoms with E-state index in [2.05, 4.69) is 13.8 Å². The number of rotatable bonds is 4. The Morgan fingerprint density at radius 2 is 1.23 bits per heavy atom. The second kappa shape index (κ2) is 15.0. The van der Waals surface area contributed by atoms with Gasteiger partial charge < -0.3 is 20.2 Å². The number of aromatic hydroxyl groups is 2. The van der Waals surface area contributed by atoms with Gasteiger partial charge in [0.1, 0.15) is 23.1 Å². The number of carbonyl (C=O) groups is 2. The highest BCUT2D eigenvalue weighted by Gasteiger charge is 2.10. The first kappa shape index (κ1) is 29.3. The Labute approximate surface area is 181 Å². The number of phenolic OH excluding ortho intramolecular Hbond substituents is 2. The van der Waals surface area contributed by atoms with E-state index < -0.39 is 17.6 Å². The maximum atomic E-state index is 13.1. The van der Waals surface area contributed by atoms with Crippen molar-refractivity contribution in [3.8, 4) is 11.5 Å². The molecule has 0 unspecified atom stereocenters. The van der Waals surface area contributed by atoms with Crippen LogP contribution < -0.4 is 0 Å². The Balaban J connectivity index is 0. The van der Waals surface area contributed by atoms with E-state index >= 15 is 0 Å². The van der Waals surface area contributed by atoms with E-state index in [9.17, 15) is 18.4 Å². The van der Waals surface area contributed by atoms with Crippen LogP contribution in [0.1, 0.15) is 31.4 Å². The SMILES string of the molecule is CCC.CN(C)C(=O)Cc1ccc(O)cc1F.Cl.O=C(O)Cc1ccc(O)cc1F. The van der Waals surface area contributed by atoms with Gasteiger partial charge in [0.15, 0.2) is 0 Å². The second-order valence-corrected chi connectivity index (χ2v) is 6.29. The van der Waals surface area contributed by atoms with Gasteiger partial charge in [0.25, 0.3) is 0 Å². The summed E-state index contributed by atoms with van der Waals surface area (Å²) in [6.07, 6.45) is 0.894. The topological polar surface area (TPSA) is 98.1 Å². The summed E-state index contributed by atoms with van der Waals surface area (Å²) in [7, 11) is 3.22. The van der Waals surface area contributed by atoms with Crippen molar-refractivity contribution >= 4 is 24.3 Å². The minimum absolute atomic E-state index is 0. The van der Waals surface area contributed by atoms with Crippen LogP contribution in [-0.2, 0) is 22.4 Å². The zero-order valence-electron chi connectivity index (χ0n) is 17.4. The Kier molecular flexibility index (Phi) is 14.7. The number of phenols is 2. The number of nitrogens with zero attached hydrogens (tertiary/aromatic N) is 1. The van der Waals surface area contributed by atoms with Gasteiger partial charge in [-0.25, -0.2) is 8.78 Å². The van der Waals surface area contributed by atoms with E-state index in [0.717, 1.165) is 12.1 Å². The molecule has 3 N–H and O–H groups in total. The number of carboxylic acid groups (broad SMARTS) is 1. The van der Waals surface area contributed by atoms with Crippen molar-refractivity contribution in [1.29, 1.82) is 0 Å². The molecule has 0 aliphatic carbocycles. The number of aliphatic carboxylic acids is 1. The van der Waals surface area contributed by atoms with E-state index in [4.69, 9.17) is 15.3 Å². The Morgan fingerprint density at radius 1 is 0.867 bits per heavy atom. The summed E-state index contributed by atoms with van der Waals surface area (Å²) in [6.45, 7) is 4.25. The Morgan fingerprint density at radius 3 is 1.53 bits per heavy atom. The van der Waals surface area contributed by atoms with E-state index in [1.165, 1.54) is 35.6 Å². The van der Waals surface area contributed by atoms with Crippen LogP contribution in [0.2, 0.25) is 0 Å². The van der Waals surface area contributed by atoms with Crippen molar-refractivity contribution in [3.05, 3.63) is 59.2 Å². The molecule has 0 bridgehead atoms. The highest BCUT2D eigenvalue weighted by atomic mass is 35.5. The molecule has 0 heterocycles. The summed E-state index contributed by atoms with van der Waals surface area (Å²) < 4.78 is 25.9. The fourth-order valence-corrected chi connectivity index (χ4v) is 1.84. The third kappa shape index (κ3) is 11.9. The third-order valence-electron chi connectivity index (χ3n) is 3.26. The van der Waals surface area contributed by atoms with Gasteiger partial charge in [-0.3, -0.25) is 9.59 Å². The molecule has 0 radical (unpaired) electrons. The summed E-state index contributed by atoms with van der Waals surface area (Å²) in [4.78, 5) is 22.8. The molecule has 6 nitrogen and oxygen atoms in total. The fourth-order valence-electron chi connectivity index (χ4n) is 1.84. The average Bonchev–Trinajstić information content (AvgIpc) is 2.60. The number of hydrogen-bond donors (Lipinski definition) is 3. The molecule has 0 fully saturated rings. The van der Waals surface area contributed by atoms with Crippen molar-refractivity contribution < 1.29 is 33.7 Å². The van der Waals surface area contributed by atoms with Gasteiger partial charge in [-0.2, -0.15) is 0 Å². The molecule has 30 heavy (non-hydrogen) atoms. The minimum Gasteiger partial charge on any atom is -0.508 e. The molecule has 0 aromatic heterocycles. The molecule has 2 aromatic rings. The van der Waals surface area contributed by atoms with Gasteiger partial charge in [-0.1, -0.05) is 32.4 Å². The molecule has 0 saturated heterocycles. The highest BCUT2D eigenvalue weighted by molar-refractivity contribution is 5.85. The largest absolute Gasteiger partial charge is 0.508 e. The lowest BCUT2D eigenvalue weighted by atomic mass is 10.1. The molecule has 0 saturated carbocycles. The quantitative estimate of drug-likeness (QED) is 0.653. The summed E-state index contributed by atoms with van der Waals surface area (Å²) in [5.74, 6) is -2.86. The van der Waals surface area contributed by atoms with Crippen molar-refractivity contribution in [2.24, 2.45) is 0 Å². The Bertz CT molecular complexity index is 816. The summed E-state index contributed by atoms with van der Waals surface area (Å²) >= 11 is 0. The molecular weight excluding hydrogens is 420 g/mol. The second-order valence-electron chi connectivity index (χ2n) is 6.29. The van der Waals surface area contributed by atoms with Gasteiger partial charge in [0, 0.05) is 26.2 Å². The van der Waals surface area contributed by atoms with Crippen molar-refractivity contribution in [2.45, 2.75) is 33.1 Å². The van der Waals surface area contributed by atoms with Crippen molar-refractivity contribution in [2.75, 3.05) is 14.1 Å². The third-order valence-corrected chi connectivity index (χ3v) is 3.26. The number of carboxylic acids is 1. The lowest BCUT2D eigenvalue weighted by Gasteiger charge is -2.10. The summed E-state index contributed by atoms with van der Waals surface area (Å²) in [6, 6.07) is 7.16. The number of hydrogen-bond acceptors (Lipinski definition) is 4. The summed E-state index contributed by atoms with van der Waals surface area (Å²) in [5, 5.41) is 26.1. The van der Waals surface area contributed by atoms with E-state index in [1.807, 2.05) is 0 Å². The van der Waals surface area contributed by atoms with Gasteiger partial charge in [0.2, 0.25) is 5.91 Å². The number of benzene rings is 2. The number of amides is 1. The Hall–Kier alpha value is -2.87. The maximum absolute atomic E-state index is 13.1. The normalized spacial score (nSPS) is 9.13. The molecule has 0 spiro atoms. The van der Waals surface area contributed by atoms with Crippen LogP contribution >= 0.6 is 12.4 Å². The highest BCUT2D eigenvalue weighted by Crippen LogP contribution is 2.16. The molecule has 0 aliphatic rings. The number of halogens is 3. The zero-order valence-corrected chi connectivity index (χ0v) is 18.2. The van der Waals surface area contributed by atoms with Crippen LogP contribution in [0.5, 0.6) is 11.5 Å². The first-order valence-electron chi connectivity index (χ1n) is 8.88. The van der Waals surface area contributed by atoms with Crippen LogP contribution in [0.3, 0.4) is 0 Å². The smallest absolute Gasteiger partial charge is 0.307 e. The molecule has 0 atom stereocenters. The van der Waals surface area contributed by atoms with Crippen LogP contribution in [0, 0.1) is 11.6 Å². The molecule has 2 aromatic carbocycles. The first-order valence-corrected chi connectivity index (χ1v) is 8.88. The van der Waals surface area contributed by atoms with Gasteiger partial charge in [0.05, 0.1) is 12.8 Å². The predicted molar refractivity (Wildman–Crippen MR) is 113 cm³/mol. The van der Waals surface area contributed by atoms with Crippen LogP contribution in [0.25, 0.3) is 0 Å². The van der Waals surface area contributed by atoms with E-state index in [1.54, 1.807) is 14.1 Å². The van der Waals surface area contributed by atoms with E-state index in [0.29, 0.717) is 5.56 Å². The minimum atomic E-state index is -1.10. The fraction of sp³-hybridized carbons (Fsp3) is 0.333. The average molecular weight is 448 g/mol. The van der Waals surface area contributed by atoms with Crippen LogP contribution in [0.4, 0.5) is 8.78 Å². The molecule has 168 valence electrons. The van der Waals surface area contributed by atoms with Gasteiger partial charge in [-0.15, -0.1) is 12.4 Å². The molecule has 9 heteroatoms. The zero-order chi connectivity index (χ0) is 22.6. The van der Waals surface area contributed by atoms with Crippen LogP contribution in [-0.4, -0.2) is 46.2 Å². The van der Waals surface area contributed by atoms with Crippen molar-refractivity contribution in [3.63, 3.8) is 0 Å². The predicted octanol–water partition coefficient (Wildman–Crippen LogP) is 4.16. The van der Waals surface area contributed by atoms with Gasteiger partial charge in [-0.05, 0) is 23.3 Å². The molecule has 1 amide bonds. The lowest BCUT2D eigenvalue weighted by Crippen LogP contribution is -2.23. The van der Waals surface area contributed by atoms with Gasteiger partial charge >= 0.3 is 5.97 Å². The number of carbonyl (C=O) groups excluding carboxylic acids is 1. The monoisotopic (exact) mass is 447 g/mol. The molecular formula is C21H28ClF2NO5. The maximum Gasteiger partial charge on any atom is 0.307 e. The van der Waals surface area contributed by atoms with E-state index in [-0.39, 0.29) is 48.2 Å². The lowest BCUT2D eigenvalue weighted by molar-refractivity contribution is -0.136.